The summed E-state index contributed by atoms with van der Waals surface area (Å²) >= 11 is 17.1. The Kier molecular flexibility index (Phi) is 23.3. The second-order valence-electron chi connectivity index (χ2n) is 15.1. The van der Waals surface area contributed by atoms with E-state index in [4.69, 9.17) is 0 Å². The van der Waals surface area contributed by atoms with Crippen molar-refractivity contribution in [1.82, 2.24) is 5.32 Å². The fourth-order valence-corrected chi connectivity index (χ4v) is 9.78. The average molecular weight is 1100 g/mol. The number of para-hydroxylation sites is 1. The van der Waals surface area contributed by atoms with Crippen LogP contribution in [0.5, 0.6) is 0 Å². The van der Waals surface area contributed by atoms with Crippen molar-refractivity contribution in [1.29, 1.82) is 0 Å². The second kappa shape index (κ2) is 27.7. The van der Waals surface area contributed by atoms with Crippen LogP contribution in [-0.2, 0) is 0 Å². The number of anilines is 1. The highest BCUT2D eigenvalue weighted by atomic mass is 127. The third kappa shape index (κ3) is 18.2. The van der Waals surface area contributed by atoms with Gasteiger partial charge in [0.1, 0.15) is 9.66 Å². The molecule has 5 aromatic carbocycles. The molecule has 0 amide bonds. The van der Waals surface area contributed by atoms with Crippen LogP contribution >= 0.6 is 90.6 Å². The summed E-state index contributed by atoms with van der Waals surface area (Å²) in [5, 5.41) is 3.28. The molecule has 3 aliphatic rings. The lowest BCUT2D eigenvalue weighted by atomic mass is 10.1. The Morgan fingerprint density at radius 2 is 1.12 bits per heavy atom. The molecule has 8 heteroatoms. The van der Waals surface area contributed by atoms with E-state index in [0.29, 0.717) is 0 Å². The highest BCUT2D eigenvalue weighted by Crippen LogP contribution is 2.38. The largest absolute Gasteiger partial charge is 0.371 e. The van der Waals surface area contributed by atoms with E-state index in [1.807, 2.05) is 42.1 Å². The fourth-order valence-electron chi connectivity index (χ4n) is 6.53. The molecular weight excluding hydrogens is 1040 g/mol. The molecule has 2 saturated heterocycles. The van der Waals surface area contributed by atoms with E-state index in [-0.39, 0.29) is 0 Å². The molecule has 0 aromatic heterocycles. The summed E-state index contributed by atoms with van der Waals surface area (Å²) in [6, 6.07) is 36.7. The van der Waals surface area contributed by atoms with Gasteiger partial charge in [0, 0.05) is 70.7 Å². The Balaban J connectivity index is 0.000000179. The SMILES string of the molecule is BrC1=[C+]C=CC=C1I.C1CCNCC1.Cc1ccc(S)c(C)c1.Cc1ccc(Sc2ccccc2Br)c(C)c1.Cc1ccc(Sc2ccccc2N2CCCCC2)c(C)c1. The Hall–Kier alpha value is -2.27. The number of hydrogen-bond acceptors (Lipinski definition) is 5. The monoisotopic (exact) mass is 1090 g/mol. The summed E-state index contributed by atoms with van der Waals surface area (Å²) < 4.78 is 3.39. The van der Waals surface area contributed by atoms with E-state index in [2.05, 4.69) is 216 Å². The molecule has 2 nitrogen and oxygen atoms in total. The van der Waals surface area contributed by atoms with Crippen LogP contribution in [0, 0.1) is 47.6 Å². The Morgan fingerprint density at radius 1 is 0.600 bits per heavy atom. The molecule has 316 valence electrons. The van der Waals surface area contributed by atoms with E-state index in [1.54, 1.807) is 11.8 Å². The number of aryl methyl sites for hydroxylation is 6. The number of thiol groups is 1. The van der Waals surface area contributed by atoms with Crippen molar-refractivity contribution >= 4 is 96.3 Å². The van der Waals surface area contributed by atoms with Gasteiger partial charge in [-0.1, -0.05) is 107 Å². The van der Waals surface area contributed by atoms with Gasteiger partial charge in [-0.25, -0.2) is 0 Å². The quantitative estimate of drug-likeness (QED) is 0.104. The molecule has 0 radical (unpaired) electrons. The Labute approximate surface area is 406 Å². The minimum atomic E-state index is 1.04. The molecule has 0 unspecified atom stereocenters. The van der Waals surface area contributed by atoms with Crippen molar-refractivity contribution in [2.45, 2.75) is 105 Å². The fraction of sp³-hybridized carbons (Fsp3) is 0.308. The predicted molar refractivity (Wildman–Crippen MR) is 284 cm³/mol. The molecule has 1 aliphatic carbocycles. The van der Waals surface area contributed by atoms with Gasteiger partial charge in [-0.15, -0.1) is 12.6 Å². The molecular formula is C52H60Br2IN2S3+. The van der Waals surface area contributed by atoms with Crippen LogP contribution in [0.3, 0.4) is 0 Å². The number of piperidine rings is 2. The number of halogens is 3. The van der Waals surface area contributed by atoms with Gasteiger partial charge >= 0.3 is 0 Å². The zero-order valence-corrected chi connectivity index (χ0v) is 43.8. The van der Waals surface area contributed by atoms with Gasteiger partial charge in [-0.3, -0.25) is 0 Å². The highest BCUT2D eigenvalue weighted by molar-refractivity contribution is 14.1. The first-order chi connectivity index (χ1) is 28.9. The maximum atomic E-state index is 4.25. The summed E-state index contributed by atoms with van der Waals surface area (Å²) in [4.78, 5) is 8.94. The van der Waals surface area contributed by atoms with Crippen molar-refractivity contribution in [3.05, 3.63) is 173 Å². The summed E-state index contributed by atoms with van der Waals surface area (Å²) in [5.74, 6) is 0. The van der Waals surface area contributed by atoms with Crippen LogP contribution in [-0.4, -0.2) is 26.2 Å². The van der Waals surface area contributed by atoms with Gasteiger partial charge in [0.2, 0.25) is 0 Å². The first-order valence-electron chi connectivity index (χ1n) is 20.8. The maximum Gasteiger partial charge on any atom is 0.194 e. The number of rotatable bonds is 5. The number of hydrogen-bond donors (Lipinski definition) is 2. The van der Waals surface area contributed by atoms with Gasteiger partial charge in [0.15, 0.2) is 4.48 Å². The zero-order chi connectivity index (χ0) is 43.3. The molecule has 0 spiro atoms. The highest BCUT2D eigenvalue weighted by Gasteiger charge is 2.15. The lowest BCUT2D eigenvalue weighted by Crippen LogP contribution is -2.29. The zero-order valence-electron chi connectivity index (χ0n) is 36.0. The number of nitrogens with zero attached hydrogens (tertiary/aromatic N) is 1. The first-order valence-corrected chi connectivity index (χ1v) is 25.5. The van der Waals surface area contributed by atoms with Crippen molar-refractivity contribution in [3.63, 3.8) is 0 Å². The molecule has 0 atom stereocenters. The standard InChI is InChI=1S/C19H23NS.C14H13BrS.C8H10S.C6H3BrI.C5H11N/c1-15-10-11-18(16(2)14-15)21-19-9-5-4-8-17(19)20-12-6-3-7-13-20;1-10-7-8-13(11(2)9-10)16-14-6-4-3-5-12(14)15;1-6-3-4-8(9)7(2)5-6;7-5-3-1-2-4-6(5)8;1-2-4-6-5-3-1/h4-5,8-11,14H,3,6-7,12-13H2,1-2H3;3-9H,1-2H3;3-5,9H,1-2H3;1-2,4H;6H,1-5H2/q;;;+1;. The lowest BCUT2D eigenvalue weighted by molar-refractivity contribution is 0.520. The number of nitrogens with one attached hydrogen (secondary N) is 1. The van der Waals surface area contributed by atoms with Crippen molar-refractivity contribution in [2.24, 2.45) is 0 Å². The van der Waals surface area contributed by atoms with Crippen LogP contribution in [0.4, 0.5) is 5.69 Å². The molecule has 1 N–H and O–H groups in total. The van der Waals surface area contributed by atoms with E-state index < -0.39 is 0 Å². The minimum Gasteiger partial charge on any atom is -0.371 e. The smallest absolute Gasteiger partial charge is 0.194 e. The van der Waals surface area contributed by atoms with E-state index >= 15 is 0 Å². The van der Waals surface area contributed by atoms with Gasteiger partial charge in [-0.05, 0) is 178 Å². The van der Waals surface area contributed by atoms with E-state index in [9.17, 15) is 0 Å². The average Bonchev–Trinajstić information content (AvgIpc) is 3.25. The minimum absolute atomic E-state index is 1.04. The molecule has 0 saturated carbocycles. The molecule has 60 heavy (non-hydrogen) atoms. The van der Waals surface area contributed by atoms with E-state index in [1.165, 1.54) is 127 Å². The third-order valence-electron chi connectivity index (χ3n) is 9.82. The van der Waals surface area contributed by atoms with Crippen LogP contribution in [0.2, 0.25) is 0 Å². The molecule has 5 aromatic rings. The first kappa shape index (κ1) is 50.4. The van der Waals surface area contributed by atoms with Crippen molar-refractivity contribution in [3.8, 4) is 0 Å². The number of allylic oxidation sites excluding steroid dienone is 6. The van der Waals surface area contributed by atoms with Crippen molar-refractivity contribution < 1.29 is 0 Å². The van der Waals surface area contributed by atoms with Gasteiger partial charge in [-0.2, -0.15) is 0 Å². The normalized spacial score (nSPS) is 14.2. The van der Waals surface area contributed by atoms with Gasteiger partial charge < -0.3 is 10.2 Å². The van der Waals surface area contributed by atoms with Crippen molar-refractivity contribution in [2.75, 3.05) is 31.1 Å². The second-order valence-corrected chi connectivity index (χ2v) is 20.6. The van der Waals surface area contributed by atoms with Crippen LogP contribution in [0.15, 0.2) is 158 Å². The van der Waals surface area contributed by atoms with Gasteiger partial charge in [0.25, 0.3) is 0 Å². The lowest BCUT2D eigenvalue weighted by Gasteiger charge is -2.30. The summed E-state index contributed by atoms with van der Waals surface area (Å²) in [7, 11) is 0. The third-order valence-corrected chi connectivity index (χ3v) is 16.1. The predicted octanol–water partition coefficient (Wildman–Crippen LogP) is 17.0. The summed E-state index contributed by atoms with van der Waals surface area (Å²) in [6.45, 7) is 17.7. The summed E-state index contributed by atoms with van der Waals surface area (Å²) in [6.07, 6.45) is 17.1. The molecule has 2 fully saturated rings. The molecule has 2 heterocycles. The Bertz CT molecular complexity index is 2160. The molecule has 8 rings (SSSR count). The topological polar surface area (TPSA) is 15.3 Å². The maximum absolute atomic E-state index is 4.25. The molecule has 2 aliphatic heterocycles. The number of benzene rings is 5. The van der Waals surface area contributed by atoms with Crippen LogP contribution in [0.1, 0.15) is 71.9 Å². The molecule has 0 bridgehead atoms. The van der Waals surface area contributed by atoms with Gasteiger partial charge in [0.05, 0.1) is 17.8 Å². The van der Waals surface area contributed by atoms with Crippen LogP contribution < -0.4 is 10.2 Å². The van der Waals surface area contributed by atoms with Crippen LogP contribution in [0.25, 0.3) is 0 Å². The van der Waals surface area contributed by atoms with E-state index in [0.717, 1.165) is 13.9 Å². The Morgan fingerprint density at radius 3 is 1.58 bits per heavy atom. The summed E-state index contributed by atoms with van der Waals surface area (Å²) in [5.41, 5.74) is 9.30.